The number of piperidine rings is 1. The molecule has 0 bridgehead atoms. The van der Waals surface area contributed by atoms with Crippen molar-refractivity contribution in [2.24, 2.45) is 0 Å². The molecule has 2 aromatic heterocycles. The SMILES string of the molecule is O=C(C=Cc1ccccc1Cl)N1CCC(n2cnc3ncccc3c2=O)CC1. The van der Waals surface area contributed by atoms with Crippen molar-refractivity contribution in [2.75, 3.05) is 13.1 Å². The molecule has 1 fully saturated rings. The monoisotopic (exact) mass is 394 g/mol. The van der Waals surface area contributed by atoms with Gasteiger partial charge in [0.25, 0.3) is 5.56 Å². The summed E-state index contributed by atoms with van der Waals surface area (Å²) in [6.45, 7) is 1.18. The molecule has 1 aliphatic rings. The van der Waals surface area contributed by atoms with Crippen molar-refractivity contribution in [3.8, 4) is 0 Å². The van der Waals surface area contributed by atoms with Crippen molar-refractivity contribution >= 4 is 34.6 Å². The average Bonchev–Trinajstić information content (AvgIpc) is 2.74. The minimum Gasteiger partial charge on any atom is -0.339 e. The number of hydrogen-bond donors (Lipinski definition) is 0. The van der Waals surface area contributed by atoms with E-state index in [4.69, 9.17) is 11.6 Å². The molecule has 0 spiro atoms. The third kappa shape index (κ3) is 3.68. The van der Waals surface area contributed by atoms with Crippen LogP contribution in [0.5, 0.6) is 0 Å². The maximum Gasteiger partial charge on any atom is 0.263 e. The van der Waals surface area contributed by atoms with E-state index in [1.165, 1.54) is 0 Å². The zero-order valence-corrected chi connectivity index (χ0v) is 15.9. The number of halogens is 1. The van der Waals surface area contributed by atoms with Gasteiger partial charge in [0, 0.05) is 36.4 Å². The molecule has 3 aromatic rings. The molecule has 3 heterocycles. The second-order valence-electron chi connectivity index (χ2n) is 6.74. The topological polar surface area (TPSA) is 68.1 Å². The van der Waals surface area contributed by atoms with E-state index in [-0.39, 0.29) is 17.5 Å². The Balaban J connectivity index is 1.43. The number of benzene rings is 1. The summed E-state index contributed by atoms with van der Waals surface area (Å²) in [6.07, 6.45) is 7.90. The fourth-order valence-corrected chi connectivity index (χ4v) is 3.68. The summed E-state index contributed by atoms with van der Waals surface area (Å²) in [4.78, 5) is 35.4. The van der Waals surface area contributed by atoms with Gasteiger partial charge in [0.2, 0.25) is 5.91 Å². The van der Waals surface area contributed by atoms with Crippen molar-refractivity contribution in [1.82, 2.24) is 19.4 Å². The lowest BCUT2D eigenvalue weighted by atomic mass is 10.0. The number of carbonyl (C=O) groups excluding carboxylic acids is 1. The van der Waals surface area contributed by atoms with Crippen molar-refractivity contribution in [3.63, 3.8) is 0 Å². The summed E-state index contributed by atoms with van der Waals surface area (Å²) < 4.78 is 1.67. The van der Waals surface area contributed by atoms with Crippen molar-refractivity contribution in [3.05, 3.63) is 75.9 Å². The summed E-state index contributed by atoms with van der Waals surface area (Å²) in [6, 6.07) is 10.9. The number of aromatic nitrogens is 3. The lowest BCUT2D eigenvalue weighted by molar-refractivity contribution is -0.127. The minimum absolute atomic E-state index is 0.0289. The molecule has 1 amide bonds. The first-order chi connectivity index (χ1) is 13.6. The second-order valence-corrected chi connectivity index (χ2v) is 7.15. The maximum absolute atomic E-state index is 12.7. The van der Waals surface area contributed by atoms with Crippen LogP contribution < -0.4 is 5.56 Å². The molecule has 6 nitrogen and oxygen atoms in total. The van der Waals surface area contributed by atoms with E-state index in [0.29, 0.717) is 42.0 Å². The standard InChI is InChI=1S/C21H19ClN4O2/c22-18-6-2-1-4-15(18)7-8-19(27)25-12-9-16(10-13-25)26-14-24-20-17(21(26)28)5-3-11-23-20/h1-8,11,14,16H,9-10,12-13H2. The molecule has 0 radical (unpaired) electrons. The highest BCUT2D eigenvalue weighted by Crippen LogP contribution is 2.22. The fraction of sp³-hybridized carbons (Fsp3) is 0.238. The van der Waals surface area contributed by atoms with Crippen molar-refractivity contribution in [2.45, 2.75) is 18.9 Å². The van der Waals surface area contributed by atoms with Crippen LogP contribution in [0.2, 0.25) is 5.02 Å². The van der Waals surface area contributed by atoms with Crippen LogP contribution in [0, 0.1) is 0 Å². The van der Waals surface area contributed by atoms with Gasteiger partial charge >= 0.3 is 0 Å². The van der Waals surface area contributed by atoms with Crippen LogP contribution in [0.15, 0.2) is 59.8 Å². The Bertz CT molecular complexity index is 1100. The first-order valence-corrected chi connectivity index (χ1v) is 9.54. The first kappa shape index (κ1) is 18.4. The highest BCUT2D eigenvalue weighted by Gasteiger charge is 2.24. The molecule has 1 saturated heterocycles. The molecular weight excluding hydrogens is 376 g/mol. The Morgan fingerprint density at radius 2 is 1.89 bits per heavy atom. The summed E-state index contributed by atoms with van der Waals surface area (Å²) in [5.41, 5.74) is 1.19. The Morgan fingerprint density at radius 1 is 1.11 bits per heavy atom. The fourth-order valence-electron chi connectivity index (χ4n) is 3.48. The Hall–Kier alpha value is -2.99. The molecule has 0 aliphatic carbocycles. The van der Waals surface area contributed by atoms with Gasteiger partial charge in [-0.15, -0.1) is 0 Å². The number of amides is 1. The van der Waals surface area contributed by atoms with Gasteiger partial charge in [0.05, 0.1) is 5.39 Å². The third-order valence-electron chi connectivity index (χ3n) is 5.04. The van der Waals surface area contributed by atoms with Crippen LogP contribution in [0.4, 0.5) is 0 Å². The zero-order valence-electron chi connectivity index (χ0n) is 15.2. The van der Waals surface area contributed by atoms with Gasteiger partial charge in [0.1, 0.15) is 6.33 Å². The second kappa shape index (κ2) is 7.94. The number of carbonyl (C=O) groups is 1. The molecule has 0 N–H and O–H groups in total. The largest absolute Gasteiger partial charge is 0.339 e. The molecule has 142 valence electrons. The minimum atomic E-state index is -0.0820. The highest BCUT2D eigenvalue weighted by molar-refractivity contribution is 6.32. The van der Waals surface area contributed by atoms with E-state index in [0.717, 1.165) is 5.56 Å². The van der Waals surface area contributed by atoms with Crippen LogP contribution in [0.1, 0.15) is 24.4 Å². The Kier molecular flexibility index (Phi) is 5.21. The summed E-state index contributed by atoms with van der Waals surface area (Å²) in [7, 11) is 0. The molecule has 0 saturated carbocycles. The smallest absolute Gasteiger partial charge is 0.263 e. The number of fused-ring (bicyclic) bond motifs is 1. The normalized spacial score (nSPS) is 15.4. The van der Waals surface area contributed by atoms with Gasteiger partial charge in [-0.1, -0.05) is 29.8 Å². The van der Waals surface area contributed by atoms with E-state index >= 15 is 0 Å². The number of nitrogens with zero attached hydrogens (tertiary/aromatic N) is 4. The molecule has 28 heavy (non-hydrogen) atoms. The van der Waals surface area contributed by atoms with Gasteiger partial charge in [-0.25, -0.2) is 9.97 Å². The Labute approximate surface area is 167 Å². The average molecular weight is 395 g/mol. The third-order valence-corrected chi connectivity index (χ3v) is 5.38. The number of rotatable bonds is 3. The van der Waals surface area contributed by atoms with E-state index in [1.807, 2.05) is 18.2 Å². The maximum atomic E-state index is 12.7. The molecule has 0 atom stereocenters. The van der Waals surface area contributed by atoms with Crippen LogP contribution in [-0.2, 0) is 4.79 Å². The predicted octanol–water partition coefficient (Wildman–Crippen LogP) is 3.32. The highest BCUT2D eigenvalue weighted by atomic mass is 35.5. The zero-order chi connectivity index (χ0) is 19.5. The number of likely N-dealkylation sites (tertiary alicyclic amines) is 1. The number of pyridine rings is 1. The Morgan fingerprint density at radius 3 is 2.68 bits per heavy atom. The summed E-state index contributed by atoms with van der Waals surface area (Å²) in [5.74, 6) is -0.0495. The van der Waals surface area contributed by atoms with Gasteiger partial charge in [-0.2, -0.15) is 0 Å². The van der Waals surface area contributed by atoms with Crippen molar-refractivity contribution < 1.29 is 4.79 Å². The van der Waals surface area contributed by atoms with E-state index in [2.05, 4.69) is 9.97 Å². The van der Waals surface area contributed by atoms with Gasteiger partial charge in [-0.05, 0) is 42.7 Å². The molecular formula is C21H19ClN4O2. The molecule has 0 unspecified atom stereocenters. The van der Waals surface area contributed by atoms with Crippen LogP contribution in [0.3, 0.4) is 0 Å². The lowest BCUT2D eigenvalue weighted by Crippen LogP contribution is -2.40. The number of hydrogen-bond acceptors (Lipinski definition) is 4. The van der Waals surface area contributed by atoms with E-state index in [1.54, 1.807) is 52.3 Å². The van der Waals surface area contributed by atoms with E-state index in [9.17, 15) is 9.59 Å². The van der Waals surface area contributed by atoms with Gasteiger partial charge in [-0.3, -0.25) is 14.2 Å². The van der Waals surface area contributed by atoms with Crippen LogP contribution in [0.25, 0.3) is 17.1 Å². The summed E-state index contributed by atoms with van der Waals surface area (Å²) >= 11 is 6.12. The molecule has 4 rings (SSSR count). The van der Waals surface area contributed by atoms with Gasteiger partial charge in [0.15, 0.2) is 5.65 Å². The molecule has 7 heteroatoms. The first-order valence-electron chi connectivity index (χ1n) is 9.17. The van der Waals surface area contributed by atoms with Crippen LogP contribution in [-0.4, -0.2) is 38.4 Å². The molecule has 1 aliphatic heterocycles. The lowest BCUT2D eigenvalue weighted by Gasteiger charge is -2.32. The predicted molar refractivity (Wildman–Crippen MR) is 109 cm³/mol. The molecule has 1 aromatic carbocycles. The van der Waals surface area contributed by atoms with E-state index < -0.39 is 0 Å². The summed E-state index contributed by atoms with van der Waals surface area (Å²) in [5, 5.41) is 1.13. The van der Waals surface area contributed by atoms with Gasteiger partial charge < -0.3 is 4.90 Å². The van der Waals surface area contributed by atoms with Crippen LogP contribution >= 0.6 is 11.6 Å². The van der Waals surface area contributed by atoms with Crippen molar-refractivity contribution in [1.29, 1.82) is 0 Å². The quantitative estimate of drug-likeness (QED) is 0.639.